The van der Waals surface area contributed by atoms with Gasteiger partial charge in [-0.05, 0) is 65.3 Å². The van der Waals surface area contributed by atoms with E-state index in [0.717, 1.165) is 47.8 Å². The lowest BCUT2D eigenvalue weighted by Gasteiger charge is -2.35. The largest absolute Gasteiger partial charge is 0.471 e. The molecule has 0 bridgehead atoms. The molecular weight excluding hydrogens is 663 g/mol. The Kier molecular flexibility index (Phi) is 9.19. The van der Waals surface area contributed by atoms with Crippen molar-refractivity contribution in [1.29, 1.82) is 0 Å². The van der Waals surface area contributed by atoms with Crippen LogP contribution in [0.1, 0.15) is 48.0 Å². The van der Waals surface area contributed by atoms with Crippen molar-refractivity contribution < 1.29 is 38.1 Å². The van der Waals surface area contributed by atoms with E-state index < -0.39 is 38.3 Å². The molecule has 50 heavy (non-hydrogen) atoms. The SMILES string of the molecule is O=C(CC1CCN(c2ncc(-c3cccc4ccccc34)cn2)CC1)Nc1ccc2c(c1)CN(C1CCC(=O)N(COP(=O)(O)O)C1=O)C2=O. The van der Waals surface area contributed by atoms with Gasteiger partial charge in [0.05, 0.1) is 0 Å². The predicted molar refractivity (Wildman–Crippen MR) is 182 cm³/mol. The van der Waals surface area contributed by atoms with Crippen LogP contribution >= 0.6 is 7.82 Å². The zero-order valence-electron chi connectivity index (χ0n) is 27.0. The maximum Gasteiger partial charge on any atom is 0.471 e. The van der Waals surface area contributed by atoms with E-state index in [1.54, 1.807) is 18.2 Å². The first kappa shape index (κ1) is 33.5. The molecule has 2 saturated heterocycles. The molecule has 4 amide bonds. The van der Waals surface area contributed by atoms with Gasteiger partial charge in [0, 0.05) is 61.7 Å². The van der Waals surface area contributed by atoms with Gasteiger partial charge in [-0.1, -0.05) is 42.5 Å². The lowest BCUT2D eigenvalue weighted by atomic mass is 9.93. The Morgan fingerprint density at radius 3 is 2.44 bits per heavy atom. The second kappa shape index (κ2) is 13.7. The van der Waals surface area contributed by atoms with Crippen LogP contribution in [0.25, 0.3) is 21.9 Å². The number of phosphoric ester groups is 1. The number of fused-ring (bicyclic) bond motifs is 2. The molecule has 1 unspecified atom stereocenters. The summed E-state index contributed by atoms with van der Waals surface area (Å²) >= 11 is 0. The van der Waals surface area contributed by atoms with Gasteiger partial charge < -0.3 is 24.9 Å². The fourth-order valence-electron chi connectivity index (χ4n) is 6.96. The second-order valence-corrected chi connectivity index (χ2v) is 14.0. The molecule has 0 spiro atoms. The number of nitrogens with zero attached hydrogens (tertiary/aromatic N) is 5. The van der Waals surface area contributed by atoms with E-state index in [1.807, 2.05) is 30.6 Å². The Morgan fingerprint density at radius 1 is 0.940 bits per heavy atom. The summed E-state index contributed by atoms with van der Waals surface area (Å²) in [6, 6.07) is 18.4. The fraction of sp³-hybridized carbons (Fsp3) is 0.314. The molecule has 3 aliphatic rings. The third kappa shape index (κ3) is 7.01. The molecule has 0 radical (unpaired) electrons. The molecule has 3 aliphatic heterocycles. The van der Waals surface area contributed by atoms with E-state index in [9.17, 15) is 23.7 Å². The van der Waals surface area contributed by atoms with Crippen molar-refractivity contribution in [2.75, 3.05) is 30.0 Å². The lowest BCUT2D eigenvalue weighted by Crippen LogP contribution is -2.55. The molecule has 1 aromatic heterocycles. The number of hydrogen-bond donors (Lipinski definition) is 3. The van der Waals surface area contributed by atoms with Crippen LogP contribution in [-0.4, -0.2) is 79.0 Å². The Bertz CT molecular complexity index is 2020. The van der Waals surface area contributed by atoms with E-state index in [0.29, 0.717) is 34.1 Å². The molecule has 0 saturated carbocycles. The number of hydrogen-bond acceptors (Lipinski definition) is 9. The fourth-order valence-corrected chi connectivity index (χ4v) is 7.23. The van der Waals surface area contributed by atoms with E-state index in [4.69, 9.17) is 9.79 Å². The Labute approximate surface area is 287 Å². The van der Waals surface area contributed by atoms with Crippen LogP contribution in [0.3, 0.4) is 0 Å². The Balaban J connectivity index is 0.917. The smallest absolute Gasteiger partial charge is 0.341 e. The monoisotopic (exact) mass is 698 g/mol. The number of aromatic nitrogens is 2. The van der Waals surface area contributed by atoms with Crippen LogP contribution in [-0.2, 0) is 30.0 Å². The molecule has 4 heterocycles. The van der Waals surface area contributed by atoms with Crippen LogP contribution in [0, 0.1) is 5.92 Å². The van der Waals surface area contributed by atoms with Crippen molar-refractivity contribution in [2.24, 2.45) is 5.92 Å². The van der Waals surface area contributed by atoms with Crippen LogP contribution in [0.2, 0.25) is 0 Å². The predicted octanol–water partition coefficient (Wildman–Crippen LogP) is 4.08. The third-order valence-corrected chi connectivity index (χ3v) is 10.00. The average Bonchev–Trinajstić information content (AvgIpc) is 3.42. The topological polar surface area (TPSA) is 183 Å². The molecule has 1 atom stereocenters. The summed E-state index contributed by atoms with van der Waals surface area (Å²) in [5.74, 6) is -1.09. The minimum absolute atomic E-state index is 0.0781. The minimum atomic E-state index is -4.92. The molecule has 258 valence electrons. The van der Waals surface area contributed by atoms with Gasteiger partial charge in [0.1, 0.15) is 12.8 Å². The summed E-state index contributed by atoms with van der Waals surface area (Å²) < 4.78 is 15.5. The molecule has 15 heteroatoms. The van der Waals surface area contributed by atoms with Crippen LogP contribution in [0.4, 0.5) is 11.6 Å². The number of anilines is 2. The summed E-state index contributed by atoms with van der Waals surface area (Å²) in [7, 11) is -4.92. The van der Waals surface area contributed by atoms with Gasteiger partial charge in [-0.2, -0.15) is 0 Å². The molecule has 3 aromatic carbocycles. The standard InChI is InChI=1S/C35H35N6O8P/c42-31(16-22-12-14-39(15-13-22)35-36-18-25(19-37-35)28-7-3-5-23-4-1-2-6-27(23)28)38-26-8-9-29-24(17-26)20-40(33(29)44)30-10-11-32(43)41(34(30)45)21-49-50(46,47)48/h1-9,17-19,22,30H,10-16,20-21H2,(H,38,42)(H2,46,47,48). The van der Waals surface area contributed by atoms with Crippen molar-refractivity contribution in [3.63, 3.8) is 0 Å². The number of imide groups is 1. The molecular formula is C35H35N6O8P. The van der Waals surface area contributed by atoms with E-state index in [2.05, 4.69) is 49.0 Å². The van der Waals surface area contributed by atoms with E-state index in [1.165, 1.54) is 4.90 Å². The normalized spacial score (nSPS) is 18.6. The summed E-state index contributed by atoms with van der Waals surface area (Å²) in [4.78, 5) is 83.0. The lowest BCUT2D eigenvalue weighted by molar-refractivity contribution is -0.156. The number of rotatable bonds is 9. The van der Waals surface area contributed by atoms with Crippen molar-refractivity contribution >= 4 is 53.9 Å². The molecule has 4 aromatic rings. The Morgan fingerprint density at radius 2 is 1.68 bits per heavy atom. The quantitative estimate of drug-likeness (QED) is 0.169. The highest BCUT2D eigenvalue weighted by molar-refractivity contribution is 7.46. The highest BCUT2D eigenvalue weighted by atomic mass is 31.2. The number of nitrogens with one attached hydrogen (secondary N) is 1. The van der Waals surface area contributed by atoms with Gasteiger partial charge in [-0.3, -0.25) is 28.6 Å². The van der Waals surface area contributed by atoms with Crippen molar-refractivity contribution in [3.8, 4) is 11.1 Å². The molecule has 7 rings (SSSR count). The van der Waals surface area contributed by atoms with Crippen molar-refractivity contribution in [2.45, 2.75) is 44.7 Å². The van der Waals surface area contributed by atoms with Crippen molar-refractivity contribution in [1.82, 2.24) is 19.8 Å². The minimum Gasteiger partial charge on any atom is -0.341 e. The molecule has 0 aliphatic carbocycles. The van der Waals surface area contributed by atoms with Gasteiger partial charge in [0.15, 0.2) is 0 Å². The summed E-state index contributed by atoms with van der Waals surface area (Å²) in [6.45, 7) is 0.641. The van der Waals surface area contributed by atoms with Crippen LogP contribution < -0.4 is 10.2 Å². The second-order valence-electron chi connectivity index (χ2n) is 12.7. The van der Waals surface area contributed by atoms with Gasteiger partial charge in [-0.15, -0.1) is 0 Å². The molecule has 2 fully saturated rings. The Hall–Kier alpha value is -5.01. The number of benzene rings is 3. The number of phosphoric acid groups is 1. The molecule has 14 nitrogen and oxygen atoms in total. The first-order valence-electron chi connectivity index (χ1n) is 16.4. The zero-order valence-corrected chi connectivity index (χ0v) is 27.9. The summed E-state index contributed by atoms with van der Waals surface area (Å²) in [5.41, 5.74) is 3.57. The molecule has 3 N–H and O–H groups in total. The third-order valence-electron chi connectivity index (χ3n) is 9.55. The van der Waals surface area contributed by atoms with Gasteiger partial charge >= 0.3 is 7.82 Å². The van der Waals surface area contributed by atoms with Crippen LogP contribution in [0.5, 0.6) is 0 Å². The van der Waals surface area contributed by atoms with Gasteiger partial charge in [-0.25, -0.2) is 14.5 Å². The number of amides is 4. The number of carbonyl (C=O) groups is 4. The maximum absolute atomic E-state index is 13.2. The van der Waals surface area contributed by atoms with Crippen molar-refractivity contribution in [3.05, 3.63) is 84.2 Å². The highest BCUT2D eigenvalue weighted by Crippen LogP contribution is 2.37. The van der Waals surface area contributed by atoms with E-state index >= 15 is 0 Å². The number of likely N-dealkylation sites (tertiary alicyclic amines) is 1. The van der Waals surface area contributed by atoms with Gasteiger partial charge in [0.25, 0.3) is 11.8 Å². The summed E-state index contributed by atoms with van der Waals surface area (Å²) in [6.07, 6.45) is 5.67. The summed E-state index contributed by atoms with van der Waals surface area (Å²) in [5, 5.41) is 5.25. The number of piperidine rings is 2. The first-order chi connectivity index (χ1) is 24.0. The highest BCUT2D eigenvalue weighted by Gasteiger charge is 2.43. The average molecular weight is 699 g/mol. The number of carbonyl (C=O) groups excluding carboxylic acids is 4. The van der Waals surface area contributed by atoms with Gasteiger partial charge in [0.2, 0.25) is 17.8 Å². The first-order valence-corrected chi connectivity index (χ1v) is 17.9. The van der Waals surface area contributed by atoms with E-state index in [-0.39, 0.29) is 31.2 Å². The zero-order chi connectivity index (χ0) is 35.0. The van der Waals surface area contributed by atoms with Crippen LogP contribution in [0.15, 0.2) is 73.1 Å². The maximum atomic E-state index is 13.2.